The lowest BCUT2D eigenvalue weighted by atomic mass is 9.96. The molecule has 4 heteroatoms. The van der Waals surface area contributed by atoms with Gasteiger partial charge in [-0.1, -0.05) is 0 Å². The Morgan fingerprint density at radius 3 is 3.00 bits per heavy atom. The Balaban J connectivity index is 1.93. The largest absolute Gasteiger partial charge is 0.368 e. The highest BCUT2D eigenvalue weighted by molar-refractivity contribution is 5.73. The number of likely N-dealkylation sites (tertiary alicyclic amines) is 1. The number of piperidine rings is 1. The monoisotopic (exact) mass is 289 g/mol. The first-order valence-electron chi connectivity index (χ1n) is 8.05. The van der Waals surface area contributed by atoms with E-state index >= 15 is 0 Å². The summed E-state index contributed by atoms with van der Waals surface area (Å²) in [5.74, 6) is 1.16. The number of aryl methyl sites for hydroxylation is 1. The molecule has 1 saturated heterocycles. The molecule has 1 N–H and O–H groups in total. The van der Waals surface area contributed by atoms with E-state index in [1.54, 1.807) is 6.92 Å². The third-order valence-corrected chi connectivity index (χ3v) is 4.06. The van der Waals surface area contributed by atoms with Crippen molar-refractivity contribution in [2.45, 2.75) is 65.0 Å². The van der Waals surface area contributed by atoms with Gasteiger partial charge in [-0.05, 0) is 63.6 Å². The fourth-order valence-corrected chi connectivity index (χ4v) is 3.05. The predicted molar refractivity (Wildman–Crippen MR) is 86.3 cm³/mol. The number of nitrogens with one attached hydrogen (secondary N) is 1. The van der Waals surface area contributed by atoms with Crippen LogP contribution in [-0.2, 0) is 11.2 Å². The third-order valence-electron chi connectivity index (χ3n) is 4.06. The van der Waals surface area contributed by atoms with Crippen molar-refractivity contribution in [3.8, 4) is 0 Å². The summed E-state index contributed by atoms with van der Waals surface area (Å²) in [5, 5.41) is 3.33. The van der Waals surface area contributed by atoms with Crippen LogP contribution in [0, 0.1) is 0 Å². The molecule has 0 saturated carbocycles. The number of carbonyl (C=O) groups excluding carboxylic acids is 1. The number of nitrogens with zero attached hydrogens (tertiary/aromatic N) is 2. The van der Waals surface area contributed by atoms with Gasteiger partial charge in [-0.2, -0.15) is 0 Å². The van der Waals surface area contributed by atoms with Crippen LogP contribution in [0.2, 0.25) is 0 Å². The van der Waals surface area contributed by atoms with E-state index in [0.29, 0.717) is 12.1 Å². The lowest BCUT2D eigenvalue weighted by Crippen LogP contribution is -2.42. The van der Waals surface area contributed by atoms with Crippen molar-refractivity contribution in [2.75, 3.05) is 11.9 Å². The molecule has 1 aromatic rings. The van der Waals surface area contributed by atoms with E-state index < -0.39 is 0 Å². The second-order valence-corrected chi connectivity index (χ2v) is 6.25. The first-order chi connectivity index (χ1) is 10.1. The number of hydrogen-bond acceptors (Lipinski definition) is 3. The fraction of sp³-hybridized carbons (Fsp3) is 0.647. The molecular weight excluding hydrogens is 262 g/mol. The highest BCUT2D eigenvalue weighted by Crippen LogP contribution is 2.22. The number of carbonyl (C=O) groups is 1. The van der Waals surface area contributed by atoms with Crippen molar-refractivity contribution in [3.63, 3.8) is 0 Å². The maximum absolute atomic E-state index is 11.7. The standard InChI is InChI=1S/C17H27N3O/c1-13(2)19-17-12-15(9-10-18-17)7-8-16-6-4-5-11-20(16)14(3)21/h9-10,12-13,16H,4-8,11H2,1-3H3,(H,18,19)/t16-/m0/s1. The van der Waals surface area contributed by atoms with Crippen molar-refractivity contribution in [2.24, 2.45) is 0 Å². The second-order valence-electron chi connectivity index (χ2n) is 6.25. The van der Waals surface area contributed by atoms with Gasteiger partial charge in [-0.15, -0.1) is 0 Å². The van der Waals surface area contributed by atoms with Crippen LogP contribution in [-0.4, -0.2) is 34.4 Å². The van der Waals surface area contributed by atoms with Crippen molar-refractivity contribution in [1.29, 1.82) is 0 Å². The molecule has 0 unspecified atom stereocenters. The van der Waals surface area contributed by atoms with Crippen molar-refractivity contribution >= 4 is 11.7 Å². The lowest BCUT2D eigenvalue weighted by Gasteiger charge is -2.35. The summed E-state index contributed by atoms with van der Waals surface area (Å²) in [6.07, 6.45) is 7.44. The van der Waals surface area contributed by atoms with E-state index in [4.69, 9.17) is 0 Å². The molecule has 2 heterocycles. The number of amides is 1. The number of rotatable bonds is 5. The zero-order valence-electron chi connectivity index (χ0n) is 13.4. The second kappa shape index (κ2) is 7.43. The van der Waals surface area contributed by atoms with E-state index in [1.807, 2.05) is 6.20 Å². The molecular formula is C17H27N3O. The number of pyridine rings is 1. The Kier molecular flexibility index (Phi) is 5.59. The summed E-state index contributed by atoms with van der Waals surface area (Å²) in [5.41, 5.74) is 1.29. The van der Waals surface area contributed by atoms with Gasteiger partial charge < -0.3 is 10.2 Å². The van der Waals surface area contributed by atoms with Crippen molar-refractivity contribution in [1.82, 2.24) is 9.88 Å². The van der Waals surface area contributed by atoms with E-state index in [-0.39, 0.29) is 5.91 Å². The van der Waals surface area contributed by atoms with Crippen LogP contribution in [0.25, 0.3) is 0 Å². The topological polar surface area (TPSA) is 45.2 Å². The average Bonchev–Trinajstić information content (AvgIpc) is 2.45. The van der Waals surface area contributed by atoms with E-state index in [0.717, 1.165) is 38.0 Å². The minimum absolute atomic E-state index is 0.219. The van der Waals surface area contributed by atoms with Crippen LogP contribution in [0.3, 0.4) is 0 Å². The van der Waals surface area contributed by atoms with Gasteiger partial charge in [-0.3, -0.25) is 4.79 Å². The quantitative estimate of drug-likeness (QED) is 0.905. The van der Waals surface area contributed by atoms with Crippen LogP contribution in [0.5, 0.6) is 0 Å². The molecule has 0 aliphatic carbocycles. The number of hydrogen-bond donors (Lipinski definition) is 1. The van der Waals surface area contributed by atoms with Crippen molar-refractivity contribution < 1.29 is 4.79 Å². The molecule has 2 rings (SSSR count). The molecule has 0 aromatic carbocycles. The van der Waals surface area contributed by atoms with Crippen LogP contribution in [0.4, 0.5) is 5.82 Å². The summed E-state index contributed by atoms with van der Waals surface area (Å²) in [4.78, 5) is 18.1. The van der Waals surface area contributed by atoms with Gasteiger partial charge in [0.15, 0.2) is 0 Å². The highest BCUT2D eigenvalue weighted by Gasteiger charge is 2.23. The Bertz CT molecular complexity index is 473. The lowest BCUT2D eigenvalue weighted by molar-refractivity contribution is -0.132. The molecule has 0 radical (unpaired) electrons. The van der Waals surface area contributed by atoms with Gasteiger partial charge >= 0.3 is 0 Å². The molecule has 1 fully saturated rings. The molecule has 0 spiro atoms. The van der Waals surface area contributed by atoms with Crippen LogP contribution in [0.1, 0.15) is 52.0 Å². The Morgan fingerprint density at radius 1 is 1.48 bits per heavy atom. The van der Waals surface area contributed by atoms with Gasteiger partial charge in [0.05, 0.1) is 0 Å². The summed E-state index contributed by atoms with van der Waals surface area (Å²) in [6, 6.07) is 5.00. The first-order valence-corrected chi connectivity index (χ1v) is 8.05. The molecule has 1 aliphatic rings. The van der Waals surface area contributed by atoms with Gasteiger partial charge in [0.2, 0.25) is 5.91 Å². The van der Waals surface area contributed by atoms with E-state index in [1.165, 1.54) is 12.0 Å². The summed E-state index contributed by atoms with van der Waals surface area (Å²) in [7, 11) is 0. The number of anilines is 1. The fourth-order valence-electron chi connectivity index (χ4n) is 3.05. The minimum Gasteiger partial charge on any atom is -0.368 e. The molecule has 1 atom stereocenters. The summed E-state index contributed by atoms with van der Waals surface area (Å²) < 4.78 is 0. The van der Waals surface area contributed by atoms with Gasteiger partial charge in [0.1, 0.15) is 5.82 Å². The maximum atomic E-state index is 11.7. The van der Waals surface area contributed by atoms with Crippen LogP contribution < -0.4 is 5.32 Å². The normalized spacial score (nSPS) is 18.9. The molecule has 1 aliphatic heterocycles. The Morgan fingerprint density at radius 2 is 2.29 bits per heavy atom. The highest BCUT2D eigenvalue weighted by atomic mass is 16.2. The van der Waals surface area contributed by atoms with E-state index in [9.17, 15) is 4.79 Å². The predicted octanol–water partition coefficient (Wildman–Crippen LogP) is 3.24. The molecule has 1 amide bonds. The zero-order valence-corrected chi connectivity index (χ0v) is 13.4. The van der Waals surface area contributed by atoms with Gasteiger partial charge in [-0.25, -0.2) is 4.98 Å². The first kappa shape index (κ1) is 15.8. The summed E-state index contributed by atoms with van der Waals surface area (Å²) in [6.45, 7) is 6.84. The van der Waals surface area contributed by atoms with Gasteiger partial charge in [0, 0.05) is 31.7 Å². The number of aromatic nitrogens is 1. The molecule has 116 valence electrons. The SMILES string of the molecule is CC(=O)N1CCCC[C@H]1CCc1ccnc(NC(C)C)c1. The molecule has 0 bridgehead atoms. The molecule has 4 nitrogen and oxygen atoms in total. The summed E-state index contributed by atoms with van der Waals surface area (Å²) >= 11 is 0. The van der Waals surface area contributed by atoms with E-state index in [2.05, 4.69) is 41.2 Å². The average molecular weight is 289 g/mol. The van der Waals surface area contributed by atoms with Crippen molar-refractivity contribution in [3.05, 3.63) is 23.9 Å². The molecule has 21 heavy (non-hydrogen) atoms. The zero-order chi connectivity index (χ0) is 15.2. The van der Waals surface area contributed by atoms with Crippen LogP contribution in [0.15, 0.2) is 18.3 Å². The Hall–Kier alpha value is -1.58. The molecule has 1 aromatic heterocycles. The Labute approximate surface area is 127 Å². The van der Waals surface area contributed by atoms with Gasteiger partial charge in [0.25, 0.3) is 0 Å². The minimum atomic E-state index is 0.219. The van der Waals surface area contributed by atoms with Crippen LogP contribution >= 0.6 is 0 Å². The third kappa shape index (κ3) is 4.73. The smallest absolute Gasteiger partial charge is 0.219 e. The maximum Gasteiger partial charge on any atom is 0.219 e.